The average Bonchev–Trinajstić information content (AvgIpc) is 3.18. The van der Waals surface area contributed by atoms with Crippen LogP contribution in [0.25, 0.3) is 10.9 Å². The summed E-state index contributed by atoms with van der Waals surface area (Å²) in [5.74, 6) is 0.289. The van der Waals surface area contributed by atoms with Crippen LogP contribution in [0.15, 0.2) is 16.9 Å². The third kappa shape index (κ3) is 5.91. The Bertz CT molecular complexity index is 966. The lowest BCUT2D eigenvalue weighted by molar-refractivity contribution is -0.147. The number of likely N-dealkylation sites (tertiary alicyclic amines) is 1. The van der Waals surface area contributed by atoms with Crippen LogP contribution < -0.4 is 10.9 Å². The number of anilines is 1. The largest absolute Gasteiger partial charge is 0.401 e. The van der Waals surface area contributed by atoms with E-state index < -0.39 is 24.1 Å². The van der Waals surface area contributed by atoms with Crippen molar-refractivity contribution in [2.75, 3.05) is 25.0 Å². The summed E-state index contributed by atoms with van der Waals surface area (Å²) in [5.41, 5.74) is 0.441. The zero-order valence-corrected chi connectivity index (χ0v) is 17.9. The first-order valence-electron chi connectivity index (χ1n) is 10.7. The van der Waals surface area contributed by atoms with Crippen LogP contribution in [0.1, 0.15) is 44.3 Å². The number of hydrogen-bond donors (Lipinski definition) is 2. The molecule has 1 aromatic heterocycles. The molecule has 10 heteroatoms. The lowest BCUT2D eigenvalue weighted by Crippen LogP contribution is -2.40. The molecule has 1 aliphatic carbocycles. The van der Waals surface area contributed by atoms with Gasteiger partial charge in [0.25, 0.3) is 5.56 Å². The van der Waals surface area contributed by atoms with E-state index in [1.807, 2.05) is 0 Å². The van der Waals surface area contributed by atoms with Crippen molar-refractivity contribution in [3.05, 3.63) is 34.1 Å². The van der Waals surface area contributed by atoms with Crippen LogP contribution in [0.3, 0.4) is 0 Å². The number of H-pyrrole nitrogens is 1. The number of thioether (sulfide) groups is 1. The van der Waals surface area contributed by atoms with E-state index in [1.165, 1.54) is 11.0 Å². The topological polar surface area (TPSA) is 61.0 Å². The van der Waals surface area contributed by atoms with Gasteiger partial charge in [0.1, 0.15) is 17.0 Å². The highest BCUT2D eigenvalue weighted by atomic mass is 32.2. The fourth-order valence-electron chi connectivity index (χ4n) is 4.41. The molecule has 31 heavy (non-hydrogen) atoms. The Morgan fingerprint density at radius 2 is 1.87 bits per heavy atom. The van der Waals surface area contributed by atoms with Crippen molar-refractivity contribution in [1.82, 2.24) is 14.9 Å². The molecule has 2 fully saturated rings. The third-order valence-electron chi connectivity index (χ3n) is 5.93. The van der Waals surface area contributed by atoms with E-state index in [0.717, 1.165) is 25.7 Å². The van der Waals surface area contributed by atoms with Crippen LogP contribution in [0, 0.1) is 5.82 Å². The van der Waals surface area contributed by atoms with Gasteiger partial charge >= 0.3 is 6.18 Å². The number of nitrogens with zero attached hydrogens (tertiary/aromatic N) is 2. The highest BCUT2D eigenvalue weighted by molar-refractivity contribution is 7.99. The molecule has 1 aromatic carbocycles. The molecule has 0 spiro atoms. The summed E-state index contributed by atoms with van der Waals surface area (Å²) in [6.07, 6.45) is 1.54. The van der Waals surface area contributed by atoms with E-state index in [-0.39, 0.29) is 10.6 Å². The SMILES string of the molecule is O=c1[nH]c(CSC2CCN(CC(F)(F)F)CC2)nc2cc(NC3CCCC3)cc(F)c12. The van der Waals surface area contributed by atoms with Gasteiger partial charge in [0.05, 0.1) is 17.8 Å². The maximum Gasteiger partial charge on any atom is 0.401 e. The number of aromatic amines is 1. The molecule has 1 aliphatic heterocycles. The van der Waals surface area contributed by atoms with E-state index in [4.69, 9.17) is 0 Å². The smallest absolute Gasteiger partial charge is 0.382 e. The van der Waals surface area contributed by atoms with Gasteiger partial charge in [-0.25, -0.2) is 9.37 Å². The van der Waals surface area contributed by atoms with Gasteiger partial charge in [0, 0.05) is 17.0 Å². The summed E-state index contributed by atoms with van der Waals surface area (Å²) in [6, 6.07) is 3.38. The van der Waals surface area contributed by atoms with Crippen molar-refractivity contribution < 1.29 is 17.6 Å². The molecule has 1 saturated carbocycles. The summed E-state index contributed by atoms with van der Waals surface area (Å²) < 4.78 is 52.1. The maximum absolute atomic E-state index is 14.6. The van der Waals surface area contributed by atoms with Gasteiger partial charge in [-0.1, -0.05) is 12.8 Å². The van der Waals surface area contributed by atoms with Crippen LogP contribution in [-0.2, 0) is 5.75 Å². The minimum atomic E-state index is -4.17. The van der Waals surface area contributed by atoms with E-state index in [9.17, 15) is 22.4 Å². The fraction of sp³-hybridized carbons (Fsp3) is 0.619. The van der Waals surface area contributed by atoms with Crippen molar-refractivity contribution in [1.29, 1.82) is 0 Å². The predicted molar refractivity (Wildman–Crippen MR) is 115 cm³/mol. The number of alkyl halides is 3. The molecule has 1 saturated heterocycles. The minimum Gasteiger partial charge on any atom is -0.382 e. The highest BCUT2D eigenvalue weighted by Gasteiger charge is 2.32. The molecule has 2 aromatic rings. The first kappa shape index (κ1) is 22.4. The Hall–Kier alpha value is -1.81. The second-order valence-electron chi connectivity index (χ2n) is 8.39. The summed E-state index contributed by atoms with van der Waals surface area (Å²) in [4.78, 5) is 21.0. The zero-order chi connectivity index (χ0) is 22.0. The number of benzene rings is 1. The fourth-order valence-corrected chi connectivity index (χ4v) is 5.49. The Morgan fingerprint density at radius 3 is 2.55 bits per heavy atom. The number of rotatable bonds is 6. The van der Waals surface area contributed by atoms with E-state index in [0.29, 0.717) is 54.8 Å². The minimum absolute atomic E-state index is 0.0498. The number of hydrogen-bond acceptors (Lipinski definition) is 5. The molecule has 2 aliphatic rings. The van der Waals surface area contributed by atoms with Crippen LogP contribution in [-0.4, -0.2) is 52.0 Å². The second-order valence-corrected chi connectivity index (χ2v) is 9.68. The van der Waals surface area contributed by atoms with Gasteiger partial charge in [0.15, 0.2) is 0 Å². The molecular formula is C21H26F4N4OS. The average molecular weight is 459 g/mol. The quantitative estimate of drug-likeness (QED) is 0.616. The highest BCUT2D eigenvalue weighted by Crippen LogP contribution is 2.29. The second kappa shape index (κ2) is 9.36. The monoisotopic (exact) mass is 458 g/mol. The molecule has 4 rings (SSSR count). The van der Waals surface area contributed by atoms with E-state index in [1.54, 1.807) is 17.8 Å². The first-order valence-corrected chi connectivity index (χ1v) is 11.7. The molecule has 0 bridgehead atoms. The number of aromatic nitrogens is 2. The molecule has 0 atom stereocenters. The van der Waals surface area contributed by atoms with Gasteiger partial charge in [-0.3, -0.25) is 9.69 Å². The van der Waals surface area contributed by atoms with E-state index in [2.05, 4.69) is 15.3 Å². The number of halogens is 4. The van der Waals surface area contributed by atoms with Gasteiger partial charge < -0.3 is 10.3 Å². The van der Waals surface area contributed by atoms with Crippen LogP contribution in [0.2, 0.25) is 0 Å². The molecule has 2 N–H and O–H groups in total. The molecule has 2 heterocycles. The van der Waals surface area contributed by atoms with Crippen molar-refractivity contribution in [2.24, 2.45) is 0 Å². The van der Waals surface area contributed by atoms with Crippen molar-refractivity contribution in [3.8, 4) is 0 Å². The standard InChI is InChI=1S/C21H26F4N4OS/c22-16-9-14(26-13-3-1-2-4-13)10-17-19(16)20(30)28-18(27-17)11-31-15-5-7-29(8-6-15)12-21(23,24)25/h9-10,13,15,26H,1-8,11-12H2,(H,27,28,30). The molecule has 0 amide bonds. The van der Waals surface area contributed by atoms with Gasteiger partial charge in [-0.05, 0) is 50.9 Å². The van der Waals surface area contributed by atoms with Gasteiger partial charge in [0.2, 0.25) is 0 Å². The Morgan fingerprint density at radius 1 is 1.16 bits per heavy atom. The number of nitrogens with one attached hydrogen (secondary N) is 2. The molecule has 0 radical (unpaired) electrons. The summed E-state index contributed by atoms with van der Waals surface area (Å²) in [6.45, 7) is -0.0623. The Kier molecular flexibility index (Phi) is 6.76. The van der Waals surface area contributed by atoms with Crippen molar-refractivity contribution >= 4 is 28.4 Å². The van der Waals surface area contributed by atoms with Gasteiger partial charge in [-0.2, -0.15) is 24.9 Å². The lowest BCUT2D eigenvalue weighted by Gasteiger charge is -2.31. The van der Waals surface area contributed by atoms with Crippen molar-refractivity contribution in [3.63, 3.8) is 0 Å². The normalized spacial score (nSPS) is 19.4. The number of fused-ring (bicyclic) bond motifs is 1. The van der Waals surface area contributed by atoms with Crippen molar-refractivity contribution in [2.45, 2.75) is 61.7 Å². The van der Waals surface area contributed by atoms with Crippen LogP contribution in [0.4, 0.5) is 23.2 Å². The Balaban J connectivity index is 1.40. The zero-order valence-electron chi connectivity index (χ0n) is 17.1. The predicted octanol–water partition coefficient (Wildman–Crippen LogP) is 4.68. The summed E-state index contributed by atoms with van der Waals surface area (Å²) in [5, 5.41) is 3.49. The molecule has 0 unspecified atom stereocenters. The molecule has 170 valence electrons. The third-order valence-corrected chi connectivity index (χ3v) is 7.31. The van der Waals surface area contributed by atoms with Gasteiger partial charge in [-0.15, -0.1) is 0 Å². The Labute approximate surface area is 182 Å². The van der Waals surface area contributed by atoms with E-state index >= 15 is 0 Å². The summed E-state index contributed by atoms with van der Waals surface area (Å²) in [7, 11) is 0. The van der Waals surface area contributed by atoms with Crippen LogP contribution >= 0.6 is 11.8 Å². The number of piperidine rings is 1. The first-order chi connectivity index (χ1) is 14.8. The molecule has 5 nitrogen and oxygen atoms in total. The molecular weight excluding hydrogens is 432 g/mol. The maximum atomic E-state index is 14.6. The lowest BCUT2D eigenvalue weighted by atomic mass is 10.1. The summed E-state index contributed by atoms with van der Waals surface area (Å²) >= 11 is 1.57. The van der Waals surface area contributed by atoms with Crippen LogP contribution in [0.5, 0.6) is 0 Å².